The summed E-state index contributed by atoms with van der Waals surface area (Å²) in [5, 5.41) is 1.01. The fourth-order valence-corrected chi connectivity index (χ4v) is 4.08. The third kappa shape index (κ3) is 5.69. The molecule has 0 aliphatic carbocycles. The Balaban J connectivity index is 1.60. The summed E-state index contributed by atoms with van der Waals surface area (Å²) >= 11 is 0. The molecule has 0 spiro atoms. The van der Waals surface area contributed by atoms with Gasteiger partial charge in [-0.15, -0.1) is 0 Å². The van der Waals surface area contributed by atoms with Crippen molar-refractivity contribution in [1.29, 1.82) is 0 Å². The summed E-state index contributed by atoms with van der Waals surface area (Å²) in [5.74, 6) is 0.790. The van der Waals surface area contributed by atoms with Gasteiger partial charge in [-0.25, -0.2) is 4.98 Å². The Labute approximate surface area is 195 Å². The molecule has 0 unspecified atom stereocenters. The number of hydrogen-bond acceptors (Lipinski definition) is 7. The number of ether oxygens (including phenoxy) is 2. The third-order valence-electron chi connectivity index (χ3n) is 5.76. The van der Waals surface area contributed by atoms with Crippen LogP contribution in [0.1, 0.15) is 37.2 Å². The largest absolute Gasteiger partial charge is 0.476 e. The highest BCUT2D eigenvalue weighted by molar-refractivity contribution is 6.01. The van der Waals surface area contributed by atoms with Gasteiger partial charge in [0.15, 0.2) is 0 Å². The average Bonchev–Trinajstić information content (AvgIpc) is 3.28. The van der Waals surface area contributed by atoms with Crippen LogP contribution in [0.5, 0.6) is 5.88 Å². The quantitative estimate of drug-likeness (QED) is 0.467. The van der Waals surface area contributed by atoms with Gasteiger partial charge >= 0.3 is 0 Å². The second-order valence-electron chi connectivity index (χ2n) is 8.23. The summed E-state index contributed by atoms with van der Waals surface area (Å²) in [4.78, 5) is 27.2. The lowest BCUT2D eigenvalue weighted by Crippen LogP contribution is -2.38. The molecule has 0 radical (unpaired) electrons. The van der Waals surface area contributed by atoms with Crippen LogP contribution in [0.25, 0.3) is 10.9 Å². The molecule has 176 valence electrons. The lowest BCUT2D eigenvalue weighted by atomic mass is 10.2. The zero-order chi connectivity index (χ0) is 23.0. The minimum atomic E-state index is -0.189. The molecule has 8 nitrogen and oxygen atoms in total. The minimum absolute atomic E-state index is 0.189. The average molecular weight is 452 g/mol. The number of carbonyl (C=O) groups excluding carboxylic acids is 1. The molecule has 2 aromatic heterocycles. The molecule has 1 aliphatic heterocycles. The van der Waals surface area contributed by atoms with E-state index in [2.05, 4.69) is 33.6 Å². The second kappa shape index (κ2) is 11.2. The van der Waals surface area contributed by atoms with Gasteiger partial charge in [-0.3, -0.25) is 14.3 Å². The summed E-state index contributed by atoms with van der Waals surface area (Å²) in [5.41, 5.74) is 1.19. The van der Waals surface area contributed by atoms with Gasteiger partial charge in [0.05, 0.1) is 18.7 Å². The second-order valence-corrected chi connectivity index (χ2v) is 8.23. The van der Waals surface area contributed by atoms with Gasteiger partial charge in [-0.05, 0) is 25.0 Å². The van der Waals surface area contributed by atoms with E-state index >= 15 is 0 Å². The van der Waals surface area contributed by atoms with E-state index in [9.17, 15) is 4.79 Å². The van der Waals surface area contributed by atoms with Gasteiger partial charge in [0.2, 0.25) is 11.8 Å². The van der Waals surface area contributed by atoms with Crippen LogP contribution in [0.4, 0.5) is 5.95 Å². The normalized spacial score (nSPS) is 14.5. The first-order valence-electron chi connectivity index (χ1n) is 11.9. The number of morpholine rings is 1. The third-order valence-corrected chi connectivity index (χ3v) is 5.76. The van der Waals surface area contributed by atoms with Crippen molar-refractivity contribution in [3.05, 3.63) is 48.3 Å². The zero-order valence-electron chi connectivity index (χ0n) is 19.6. The predicted molar refractivity (Wildman–Crippen MR) is 129 cm³/mol. The van der Waals surface area contributed by atoms with Crippen molar-refractivity contribution >= 4 is 22.8 Å². The van der Waals surface area contributed by atoms with E-state index in [1.165, 1.54) is 0 Å². The molecule has 4 rings (SSSR count). The fourth-order valence-electron chi connectivity index (χ4n) is 4.08. The van der Waals surface area contributed by atoms with Gasteiger partial charge in [-0.2, -0.15) is 4.98 Å². The highest BCUT2D eigenvalue weighted by Gasteiger charge is 2.19. The van der Waals surface area contributed by atoms with Gasteiger partial charge in [0.1, 0.15) is 12.3 Å². The maximum Gasteiger partial charge on any atom is 0.281 e. The topological polar surface area (TPSA) is 72.7 Å². The highest BCUT2D eigenvalue weighted by Crippen LogP contribution is 2.21. The lowest BCUT2D eigenvalue weighted by Gasteiger charge is -2.26. The molecule has 1 fully saturated rings. The minimum Gasteiger partial charge on any atom is -0.476 e. The first-order chi connectivity index (χ1) is 16.2. The number of aromatic nitrogens is 3. The van der Waals surface area contributed by atoms with Crippen molar-refractivity contribution in [2.45, 2.75) is 26.7 Å². The van der Waals surface area contributed by atoms with E-state index < -0.39 is 0 Å². The molecular formula is C25H33N5O3. The standard InChI is InChI=1S/C25H33N5O3/c1-3-10-29(11-4-2)25-26-21(24(31)30-12-9-20-7-5-6-8-22(20)30)19-23(27-25)33-18-15-28-13-16-32-17-14-28/h5-9,12,19H,3-4,10-11,13-18H2,1-2H3. The molecule has 3 heterocycles. The Hall–Kier alpha value is -2.97. The molecule has 33 heavy (non-hydrogen) atoms. The molecule has 0 N–H and O–H groups in total. The number of para-hydroxylation sites is 1. The maximum absolute atomic E-state index is 13.5. The SMILES string of the molecule is CCCN(CCC)c1nc(OCCN2CCOCC2)cc(C(=O)n2ccc3ccccc32)n1. The van der Waals surface area contributed by atoms with E-state index in [1.54, 1.807) is 16.8 Å². The molecule has 3 aromatic rings. The van der Waals surface area contributed by atoms with Crippen LogP contribution >= 0.6 is 0 Å². The molecule has 8 heteroatoms. The van der Waals surface area contributed by atoms with Crippen LogP contribution in [0.2, 0.25) is 0 Å². The molecule has 0 amide bonds. The van der Waals surface area contributed by atoms with Crippen molar-refractivity contribution in [2.75, 3.05) is 57.4 Å². The van der Waals surface area contributed by atoms with E-state index in [0.717, 1.165) is 69.7 Å². The Kier molecular flexibility index (Phi) is 7.91. The number of carbonyl (C=O) groups is 1. The number of benzene rings is 1. The summed E-state index contributed by atoms with van der Waals surface area (Å²) in [6.07, 6.45) is 3.73. The van der Waals surface area contributed by atoms with Crippen LogP contribution in [0.3, 0.4) is 0 Å². The highest BCUT2D eigenvalue weighted by atomic mass is 16.5. The van der Waals surface area contributed by atoms with Crippen LogP contribution in [0.15, 0.2) is 42.6 Å². The number of nitrogens with zero attached hydrogens (tertiary/aromatic N) is 5. The van der Waals surface area contributed by atoms with E-state index in [-0.39, 0.29) is 5.91 Å². The Morgan fingerprint density at radius 2 is 1.85 bits per heavy atom. The van der Waals surface area contributed by atoms with E-state index in [1.807, 2.05) is 30.3 Å². The number of anilines is 1. The van der Waals surface area contributed by atoms with E-state index in [0.29, 0.717) is 24.1 Å². The van der Waals surface area contributed by atoms with Crippen LogP contribution < -0.4 is 9.64 Å². The van der Waals surface area contributed by atoms with Crippen molar-refractivity contribution in [2.24, 2.45) is 0 Å². The Bertz CT molecular complexity index is 1060. The summed E-state index contributed by atoms with van der Waals surface area (Å²) < 4.78 is 13.1. The summed E-state index contributed by atoms with van der Waals surface area (Å²) in [6.45, 7) is 10.5. The molecular weight excluding hydrogens is 418 g/mol. The van der Waals surface area contributed by atoms with Crippen LogP contribution in [-0.4, -0.2) is 77.9 Å². The monoisotopic (exact) mass is 451 g/mol. The molecule has 0 bridgehead atoms. The van der Waals surface area contributed by atoms with Crippen molar-refractivity contribution in [3.63, 3.8) is 0 Å². The summed E-state index contributed by atoms with van der Waals surface area (Å²) in [6, 6.07) is 11.4. The predicted octanol–water partition coefficient (Wildman–Crippen LogP) is 3.46. The van der Waals surface area contributed by atoms with Gasteiger partial charge in [-0.1, -0.05) is 32.0 Å². The number of fused-ring (bicyclic) bond motifs is 1. The zero-order valence-corrected chi connectivity index (χ0v) is 19.6. The molecule has 0 atom stereocenters. The maximum atomic E-state index is 13.5. The van der Waals surface area contributed by atoms with Crippen LogP contribution in [-0.2, 0) is 4.74 Å². The Morgan fingerprint density at radius 1 is 1.09 bits per heavy atom. The smallest absolute Gasteiger partial charge is 0.281 e. The van der Waals surface area contributed by atoms with Gasteiger partial charge in [0, 0.05) is 50.4 Å². The summed E-state index contributed by atoms with van der Waals surface area (Å²) in [7, 11) is 0. The van der Waals surface area contributed by atoms with Crippen molar-refractivity contribution < 1.29 is 14.3 Å². The molecule has 1 aliphatic rings. The van der Waals surface area contributed by atoms with Gasteiger partial charge < -0.3 is 14.4 Å². The van der Waals surface area contributed by atoms with E-state index in [4.69, 9.17) is 9.47 Å². The number of rotatable bonds is 10. The van der Waals surface area contributed by atoms with Gasteiger partial charge in [0.25, 0.3) is 5.91 Å². The lowest BCUT2D eigenvalue weighted by molar-refractivity contribution is 0.0320. The molecule has 0 saturated carbocycles. The van der Waals surface area contributed by atoms with Crippen molar-refractivity contribution in [3.8, 4) is 5.88 Å². The molecule has 1 aromatic carbocycles. The first-order valence-corrected chi connectivity index (χ1v) is 11.9. The Morgan fingerprint density at radius 3 is 2.61 bits per heavy atom. The number of hydrogen-bond donors (Lipinski definition) is 0. The fraction of sp³-hybridized carbons (Fsp3) is 0.480. The van der Waals surface area contributed by atoms with Crippen molar-refractivity contribution in [1.82, 2.24) is 19.4 Å². The first kappa shape index (κ1) is 23.2. The van der Waals surface area contributed by atoms with Crippen LogP contribution in [0, 0.1) is 0 Å². The molecule has 1 saturated heterocycles.